The highest BCUT2D eigenvalue weighted by molar-refractivity contribution is 7.71. The summed E-state index contributed by atoms with van der Waals surface area (Å²) in [4.78, 5) is 5.80. The van der Waals surface area contributed by atoms with Crippen LogP contribution < -0.4 is 10.2 Å². The Morgan fingerprint density at radius 2 is 1.78 bits per heavy atom. The van der Waals surface area contributed by atoms with Gasteiger partial charge in [-0.3, -0.25) is 0 Å². The fourth-order valence-electron chi connectivity index (χ4n) is 4.22. The molecule has 162 valence electrons. The third-order valence-corrected chi connectivity index (χ3v) is 9.02. The lowest BCUT2D eigenvalue weighted by Gasteiger charge is -2.33. The van der Waals surface area contributed by atoms with E-state index in [0.717, 1.165) is 22.0 Å². The smallest absolute Gasteiger partial charge is 0.214 e. The second-order valence-electron chi connectivity index (χ2n) is 7.98. The Labute approximate surface area is 184 Å². The number of hydrogen-bond donors (Lipinski definition) is 0. The van der Waals surface area contributed by atoms with Crippen molar-refractivity contribution in [2.24, 2.45) is 0 Å². The monoisotopic (exact) mass is 450 g/mol. The highest BCUT2D eigenvalue weighted by Gasteiger charge is 2.33. The molecule has 1 saturated heterocycles. The van der Waals surface area contributed by atoms with Crippen molar-refractivity contribution in [1.82, 2.24) is 15.2 Å². The Bertz CT molecular complexity index is 1330. The van der Waals surface area contributed by atoms with Gasteiger partial charge in [-0.15, -0.1) is 0 Å². The molecule has 5 nitrogen and oxygen atoms in total. The molecule has 0 saturated carbocycles. The molecule has 1 aliphatic rings. The van der Waals surface area contributed by atoms with E-state index in [1.54, 1.807) is 30.5 Å². The minimum Gasteiger partial charge on any atom is -0.356 e. The van der Waals surface area contributed by atoms with Gasteiger partial charge in [0, 0.05) is 47.9 Å². The summed E-state index contributed by atoms with van der Waals surface area (Å²) in [5.74, 6) is -0.482. The molecule has 1 fully saturated rings. The maximum absolute atomic E-state index is 14.8. The lowest BCUT2D eigenvalue weighted by Crippen LogP contribution is -2.38. The summed E-state index contributed by atoms with van der Waals surface area (Å²) in [6, 6.07) is 17.3. The molecule has 32 heavy (non-hydrogen) atoms. The molecule has 2 aromatic carbocycles. The van der Waals surface area contributed by atoms with Gasteiger partial charge in [0.15, 0.2) is 0 Å². The molecule has 3 heterocycles. The summed E-state index contributed by atoms with van der Waals surface area (Å²) < 4.78 is 42.0. The van der Waals surface area contributed by atoms with Crippen LogP contribution in [-0.4, -0.2) is 40.6 Å². The lowest BCUT2D eigenvalue weighted by molar-refractivity contribution is 0.568. The molecular formula is C24H21F2N4OP. The molecule has 0 spiro atoms. The average Bonchev–Trinajstić information content (AvgIpc) is 2.81. The molecule has 5 rings (SSSR count). The van der Waals surface area contributed by atoms with Crippen molar-refractivity contribution in [3.8, 4) is 0 Å². The van der Waals surface area contributed by atoms with Crippen LogP contribution in [0, 0.1) is 11.8 Å². The van der Waals surface area contributed by atoms with E-state index in [0.29, 0.717) is 37.7 Å². The number of benzene rings is 2. The van der Waals surface area contributed by atoms with Crippen LogP contribution in [-0.2, 0) is 11.0 Å². The van der Waals surface area contributed by atoms with Crippen LogP contribution in [0.5, 0.6) is 0 Å². The zero-order chi connectivity index (χ0) is 22.1. The van der Waals surface area contributed by atoms with Gasteiger partial charge in [-0.2, -0.15) is 14.6 Å². The Balaban J connectivity index is 1.40. The predicted molar refractivity (Wildman–Crippen MR) is 122 cm³/mol. The van der Waals surface area contributed by atoms with Gasteiger partial charge >= 0.3 is 0 Å². The fourth-order valence-corrected chi connectivity index (χ4v) is 6.92. The molecule has 8 heteroatoms. The molecule has 0 unspecified atom stereocenters. The van der Waals surface area contributed by atoms with E-state index in [2.05, 4.69) is 15.2 Å². The van der Waals surface area contributed by atoms with Crippen LogP contribution in [0.15, 0.2) is 66.9 Å². The first kappa shape index (κ1) is 20.7. The molecule has 0 bridgehead atoms. The third-order valence-electron chi connectivity index (χ3n) is 5.95. The Morgan fingerprint density at radius 1 is 0.969 bits per heavy atom. The van der Waals surface area contributed by atoms with Crippen molar-refractivity contribution < 1.29 is 13.3 Å². The predicted octanol–water partition coefficient (Wildman–Crippen LogP) is 4.40. The molecule has 0 aliphatic carbocycles. The van der Waals surface area contributed by atoms with Crippen LogP contribution in [0.2, 0.25) is 0 Å². The van der Waals surface area contributed by atoms with Crippen molar-refractivity contribution in [1.29, 1.82) is 0 Å². The number of rotatable bonds is 4. The largest absolute Gasteiger partial charge is 0.356 e. The number of halogens is 2. The molecule has 0 N–H and O–H groups in total. The van der Waals surface area contributed by atoms with Gasteiger partial charge in [0.1, 0.15) is 18.8 Å². The van der Waals surface area contributed by atoms with E-state index in [1.807, 2.05) is 29.2 Å². The van der Waals surface area contributed by atoms with Gasteiger partial charge in [0.2, 0.25) is 5.95 Å². The second-order valence-corrected chi connectivity index (χ2v) is 11.1. The van der Waals surface area contributed by atoms with Crippen molar-refractivity contribution in [3.05, 3.63) is 89.9 Å². The quantitative estimate of drug-likeness (QED) is 0.341. The van der Waals surface area contributed by atoms with Gasteiger partial charge in [0.25, 0.3) is 0 Å². The number of nitrogens with zero attached hydrogens (tertiary/aromatic N) is 4. The summed E-state index contributed by atoms with van der Waals surface area (Å²) in [6.45, 7) is 0.873. The Morgan fingerprint density at radius 3 is 2.59 bits per heavy atom. The molecular weight excluding hydrogens is 429 g/mol. The average molecular weight is 450 g/mol. The first-order chi connectivity index (χ1) is 15.5. The standard InChI is InChI=1S/C24H21F2N4OP/c25-20-9-8-17(14-21-19-5-2-1-4-18(19)16-27-29-21)15-22(20)32(31)12-10-30(11-13-32)24-7-3-6-23(26)28-24/h1-9,15-16H,10-14H2. The summed E-state index contributed by atoms with van der Waals surface area (Å²) in [7, 11) is -2.93. The molecule has 2 aromatic heterocycles. The minimum atomic E-state index is -2.93. The van der Waals surface area contributed by atoms with E-state index in [4.69, 9.17) is 0 Å². The topological polar surface area (TPSA) is 59.0 Å². The number of fused-ring (bicyclic) bond motifs is 1. The highest BCUT2D eigenvalue weighted by atomic mass is 31.2. The van der Waals surface area contributed by atoms with Gasteiger partial charge in [-0.05, 0) is 29.8 Å². The Hall–Kier alpha value is -3.18. The normalized spacial score (nSPS) is 15.8. The van der Waals surface area contributed by atoms with Crippen molar-refractivity contribution in [3.63, 3.8) is 0 Å². The summed E-state index contributed by atoms with van der Waals surface area (Å²) >= 11 is 0. The SMILES string of the molecule is O=P1(c2cc(Cc3nncc4ccccc34)ccc2F)CCN(c2cccc(F)n2)CC1. The third kappa shape index (κ3) is 4.00. The molecule has 4 aromatic rings. The first-order valence-electron chi connectivity index (χ1n) is 10.5. The summed E-state index contributed by atoms with van der Waals surface area (Å²) in [5.41, 5.74) is 1.64. The van der Waals surface area contributed by atoms with E-state index >= 15 is 0 Å². The molecule has 1 aliphatic heterocycles. The van der Waals surface area contributed by atoms with E-state index in [1.165, 1.54) is 12.1 Å². The minimum absolute atomic E-state index is 0.287. The van der Waals surface area contributed by atoms with Gasteiger partial charge in [-0.25, -0.2) is 9.37 Å². The van der Waals surface area contributed by atoms with E-state index < -0.39 is 18.9 Å². The van der Waals surface area contributed by atoms with Crippen LogP contribution in [0.25, 0.3) is 10.8 Å². The summed E-state index contributed by atoms with van der Waals surface area (Å²) in [6.07, 6.45) is 2.83. The molecule has 0 atom stereocenters. The van der Waals surface area contributed by atoms with E-state index in [-0.39, 0.29) is 5.30 Å². The zero-order valence-corrected chi connectivity index (χ0v) is 18.2. The highest BCUT2D eigenvalue weighted by Crippen LogP contribution is 2.47. The van der Waals surface area contributed by atoms with E-state index in [9.17, 15) is 13.3 Å². The van der Waals surface area contributed by atoms with Gasteiger partial charge in [0.05, 0.1) is 11.9 Å². The van der Waals surface area contributed by atoms with Crippen LogP contribution in [0.4, 0.5) is 14.6 Å². The summed E-state index contributed by atoms with van der Waals surface area (Å²) in [5, 5.41) is 10.6. The first-order valence-corrected chi connectivity index (χ1v) is 12.5. The number of anilines is 1. The number of pyridine rings is 1. The van der Waals surface area contributed by atoms with Crippen molar-refractivity contribution in [2.75, 3.05) is 30.3 Å². The maximum atomic E-state index is 14.8. The van der Waals surface area contributed by atoms with Crippen molar-refractivity contribution in [2.45, 2.75) is 6.42 Å². The maximum Gasteiger partial charge on any atom is 0.214 e. The fraction of sp³-hybridized carbons (Fsp3) is 0.208. The molecule has 0 amide bonds. The van der Waals surface area contributed by atoms with Crippen LogP contribution >= 0.6 is 7.14 Å². The second kappa shape index (κ2) is 8.40. The van der Waals surface area contributed by atoms with Gasteiger partial charge < -0.3 is 9.46 Å². The van der Waals surface area contributed by atoms with Crippen LogP contribution in [0.1, 0.15) is 11.3 Å². The Kier molecular flexibility index (Phi) is 5.43. The number of aromatic nitrogens is 3. The van der Waals surface area contributed by atoms with Crippen LogP contribution in [0.3, 0.4) is 0 Å². The lowest BCUT2D eigenvalue weighted by atomic mass is 10.0. The van der Waals surface area contributed by atoms with Gasteiger partial charge in [-0.1, -0.05) is 36.4 Å². The zero-order valence-electron chi connectivity index (χ0n) is 17.3. The molecule has 0 radical (unpaired) electrons. The number of hydrogen-bond acceptors (Lipinski definition) is 5. The van der Waals surface area contributed by atoms with Crippen molar-refractivity contribution >= 4 is 29.0 Å².